The molecule has 2 N–H and O–H groups in total. The van der Waals surface area contributed by atoms with Crippen LogP contribution in [0, 0.1) is 0 Å². The molecule has 0 aromatic heterocycles. The zero-order chi connectivity index (χ0) is 14.8. The van der Waals surface area contributed by atoms with Crippen LogP contribution in [0.25, 0.3) is 0 Å². The Bertz CT molecular complexity index is 758. The highest BCUT2D eigenvalue weighted by Gasteiger charge is 2.17. The smallest absolute Gasteiger partial charge is 0.335 e. The first-order valence-electron chi connectivity index (χ1n) is 5.51. The quantitative estimate of drug-likeness (QED) is 0.882. The van der Waals surface area contributed by atoms with Crippen molar-refractivity contribution < 1.29 is 18.3 Å². The number of hydrogen-bond donors (Lipinski definition) is 2. The first-order chi connectivity index (χ1) is 9.40. The molecule has 20 heavy (non-hydrogen) atoms. The number of rotatable bonds is 4. The van der Waals surface area contributed by atoms with Crippen LogP contribution in [0.1, 0.15) is 10.4 Å². The zero-order valence-corrected chi connectivity index (χ0v) is 12.5. The van der Waals surface area contributed by atoms with Gasteiger partial charge in [-0.3, -0.25) is 4.72 Å². The van der Waals surface area contributed by atoms with Gasteiger partial charge in [0.2, 0.25) is 0 Å². The summed E-state index contributed by atoms with van der Waals surface area (Å²) in [7, 11) is -3.84. The summed E-state index contributed by atoms with van der Waals surface area (Å²) in [4.78, 5) is 10.8. The van der Waals surface area contributed by atoms with Crippen molar-refractivity contribution in [2.45, 2.75) is 4.90 Å². The number of para-hydroxylation sites is 1. The van der Waals surface area contributed by atoms with Crippen LogP contribution in [0.15, 0.2) is 57.9 Å². The van der Waals surface area contributed by atoms with Crippen LogP contribution in [0.5, 0.6) is 0 Å². The molecule has 0 unspecified atom stereocenters. The maximum Gasteiger partial charge on any atom is 0.335 e. The topological polar surface area (TPSA) is 83.5 Å². The fourth-order valence-corrected chi connectivity index (χ4v) is 3.18. The molecular weight excluding hydrogens is 346 g/mol. The summed E-state index contributed by atoms with van der Waals surface area (Å²) in [5.74, 6) is -1.18. The van der Waals surface area contributed by atoms with Gasteiger partial charge >= 0.3 is 5.97 Å². The van der Waals surface area contributed by atoms with Gasteiger partial charge in [0.25, 0.3) is 10.0 Å². The van der Waals surface area contributed by atoms with E-state index < -0.39 is 16.0 Å². The second-order valence-corrected chi connectivity index (χ2v) is 6.46. The highest BCUT2D eigenvalue weighted by molar-refractivity contribution is 9.10. The molecule has 2 aromatic carbocycles. The van der Waals surface area contributed by atoms with Crippen molar-refractivity contribution in [3.63, 3.8) is 0 Å². The minimum absolute atomic E-state index is 0.0833. The zero-order valence-electron chi connectivity index (χ0n) is 10.1. The second-order valence-electron chi connectivity index (χ2n) is 3.92. The van der Waals surface area contributed by atoms with Gasteiger partial charge in [0, 0.05) is 4.47 Å². The minimum Gasteiger partial charge on any atom is -0.478 e. The van der Waals surface area contributed by atoms with Gasteiger partial charge in [0.15, 0.2) is 0 Å². The molecule has 7 heteroatoms. The molecule has 0 saturated carbocycles. The predicted molar refractivity (Wildman–Crippen MR) is 78.4 cm³/mol. The van der Waals surface area contributed by atoms with Crippen LogP contribution in [0.2, 0.25) is 0 Å². The molecule has 2 aromatic rings. The third kappa shape index (κ3) is 3.17. The van der Waals surface area contributed by atoms with Gasteiger partial charge in [-0.2, -0.15) is 0 Å². The molecule has 0 spiro atoms. The summed E-state index contributed by atoms with van der Waals surface area (Å²) >= 11 is 3.24. The molecule has 2 rings (SSSR count). The number of sulfonamides is 1. The maximum atomic E-state index is 12.2. The number of nitrogens with one attached hydrogen (secondary N) is 1. The molecule has 0 bridgehead atoms. The van der Waals surface area contributed by atoms with Crippen molar-refractivity contribution in [2.75, 3.05) is 4.72 Å². The maximum absolute atomic E-state index is 12.2. The van der Waals surface area contributed by atoms with Gasteiger partial charge in [0.05, 0.1) is 16.1 Å². The fraction of sp³-hybridized carbons (Fsp3) is 0. The van der Waals surface area contributed by atoms with Crippen molar-refractivity contribution in [3.8, 4) is 0 Å². The van der Waals surface area contributed by atoms with Crippen LogP contribution >= 0.6 is 15.9 Å². The number of hydrogen-bond acceptors (Lipinski definition) is 3. The van der Waals surface area contributed by atoms with Crippen molar-refractivity contribution in [3.05, 3.63) is 58.6 Å². The van der Waals surface area contributed by atoms with Crippen LogP contribution in [0.4, 0.5) is 5.69 Å². The third-order valence-corrected chi connectivity index (χ3v) is 4.56. The number of carboxylic acid groups (broad SMARTS) is 1. The first kappa shape index (κ1) is 14.5. The van der Waals surface area contributed by atoms with Crippen LogP contribution in [0.3, 0.4) is 0 Å². The summed E-state index contributed by atoms with van der Waals surface area (Å²) in [6, 6.07) is 11.9. The number of carbonyl (C=O) groups is 1. The van der Waals surface area contributed by atoms with Crippen molar-refractivity contribution in [1.82, 2.24) is 0 Å². The molecule has 0 saturated heterocycles. The molecule has 0 radical (unpaired) electrons. The van der Waals surface area contributed by atoms with Crippen molar-refractivity contribution >= 4 is 37.6 Å². The monoisotopic (exact) mass is 355 g/mol. The van der Waals surface area contributed by atoms with E-state index in [1.54, 1.807) is 24.3 Å². The average Bonchev–Trinajstić information content (AvgIpc) is 2.41. The lowest BCUT2D eigenvalue weighted by Crippen LogP contribution is -2.14. The van der Waals surface area contributed by atoms with E-state index in [1.165, 1.54) is 18.2 Å². The second kappa shape index (κ2) is 5.64. The molecule has 104 valence electrons. The van der Waals surface area contributed by atoms with Crippen molar-refractivity contribution in [1.29, 1.82) is 0 Å². The summed E-state index contributed by atoms with van der Waals surface area (Å²) in [5, 5.41) is 8.89. The number of halogens is 1. The average molecular weight is 356 g/mol. The Labute approximate surface area is 124 Å². The first-order valence-corrected chi connectivity index (χ1v) is 7.78. The van der Waals surface area contributed by atoms with Gasteiger partial charge in [-0.15, -0.1) is 0 Å². The van der Waals surface area contributed by atoms with Gasteiger partial charge in [-0.1, -0.05) is 18.2 Å². The number of anilines is 1. The lowest BCUT2D eigenvalue weighted by molar-refractivity contribution is 0.0696. The van der Waals surface area contributed by atoms with Gasteiger partial charge in [-0.25, -0.2) is 13.2 Å². The minimum atomic E-state index is -3.84. The third-order valence-electron chi connectivity index (χ3n) is 2.51. The van der Waals surface area contributed by atoms with E-state index in [4.69, 9.17) is 5.11 Å². The van der Waals surface area contributed by atoms with E-state index in [2.05, 4.69) is 20.7 Å². The normalized spacial score (nSPS) is 11.1. The van der Waals surface area contributed by atoms with E-state index >= 15 is 0 Å². The Hall–Kier alpha value is -1.86. The Morgan fingerprint density at radius 3 is 2.45 bits per heavy atom. The van der Waals surface area contributed by atoms with Crippen LogP contribution in [-0.2, 0) is 10.0 Å². The molecule has 0 aliphatic carbocycles. The highest BCUT2D eigenvalue weighted by Crippen LogP contribution is 2.24. The van der Waals surface area contributed by atoms with E-state index in [1.807, 2.05) is 0 Å². The molecule has 0 aliphatic heterocycles. The Balaban J connectivity index is 2.38. The van der Waals surface area contributed by atoms with E-state index in [0.717, 1.165) is 6.07 Å². The molecule has 0 heterocycles. The number of benzene rings is 2. The summed E-state index contributed by atoms with van der Waals surface area (Å²) in [5.41, 5.74) is 0.299. The highest BCUT2D eigenvalue weighted by atomic mass is 79.9. The number of carboxylic acids is 1. The molecular formula is C13H10BrNO4S. The molecule has 0 aliphatic rings. The Kier molecular flexibility index (Phi) is 4.10. The van der Waals surface area contributed by atoms with E-state index in [-0.39, 0.29) is 10.5 Å². The van der Waals surface area contributed by atoms with Crippen molar-refractivity contribution in [2.24, 2.45) is 0 Å². The number of aromatic carboxylic acids is 1. The summed E-state index contributed by atoms with van der Waals surface area (Å²) in [6.07, 6.45) is 0. The van der Waals surface area contributed by atoms with E-state index in [9.17, 15) is 13.2 Å². The van der Waals surface area contributed by atoms with Gasteiger partial charge in [-0.05, 0) is 46.3 Å². The predicted octanol–water partition coefficient (Wildman–Crippen LogP) is 2.95. The lowest BCUT2D eigenvalue weighted by Gasteiger charge is -2.10. The SMILES string of the molecule is O=C(O)c1cccc(S(=O)(=O)Nc2ccccc2Br)c1. The molecule has 0 amide bonds. The molecule has 5 nitrogen and oxygen atoms in total. The van der Waals surface area contributed by atoms with Crippen LogP contribution in [-0.4, -0.2) is 19.5 Å². The fourth-order valence-electron chi connectivity index (χ4n) is 1.54. The Morgan fingerprint density at radius 1 is 1.10 bits per heavy atom. The largest absolute Gasteiger partial charge is 0.478 e. The van der Waals surface area contributed by atoms with Gasteiger partial charge < -0.3 is 5.11 Å². The van der Waals surface area contributed by atoms with Crippen LogP contribution < -0.4 is 4.72 Å². The van der Waals surface area contributed by atoms with E-state index in [0.29, 0.717) is 10.2 Å². The Morgan fingerprint density at radius 2 is 1.80 bits per heavy atom. The summed E-state index contributed by atoms with van der Waals surface area (Å²) < 4.78 is 27.4. The lowest BCUT2D eigenvalue weighted by atomic mass is 10.2. The van der Waals surface area contributed by atoms with Gasteiger partial charge in [0.1, 0.15) is 0 Å². The summed E-state index contributed by atoms with van der Waals surface area (Å²) in [6.45, 7) is 0. The standard InChI is InChI=1S/C13H10BrNO4S/c14-11-6-1-2-7-12(11)15-20(18,19)10-5-3-4-9(8-10)13(16)17/h1-8,15H,(H,16,17). The molecule has 0 fully saturated rings. The molecule has 0 atom stereocenters.